The third-order valence-electron chi connectivity index (χ3n) is 4.68. The van der Waals surface area contributed by atoms with E-state index in [4.69, 9.17) is 11.6 Å². The monoisotopic (exact) mass is 345 g/mol. The number of nitrogens with zero attached hydrogens (tertiary/aromatic N) is 1. The van der Waals surface area contributed by atoms with Crippen molar-refractivity contribution in [1.82, 2.24) is 4.57 Å². The molecular formula is C20H24ClNS. The molecule has 0 bridgehead atoms. The van der Waals surface area contributed by atoms with Gasteiger partial charge in [-0.1, -0.05) is 43.7 Å². The molecule has 0 spiro atoms. The van der Waals surface area contributed by atoms with Crippen LogP contribution in [0.5, 0.6) is 0 Å². The van der Waals surface area contributed by atoms with Gasteiger partial charge in [-0.15, -0.1) is 11.3 Å². The smallest absolute Gasteiger partial charge is 0.0604 e. The van der Waals surface area contributed by atoms with Crippen LogP contribution in [0, 0.1) is 19.8 Å². The zero-order valence-electron chi connectivity index (χ0n) is 14.4. The van der Waals surface area contributed by atoms with Gasteiger partial charge < -0.3 is 4.57 Å². The molecule has 3 heteroatoms. The molecule has 2 heterocycles. The lowest BCUT2D eigenvalue weighted by molar-refractivity contribution is 0.739. The first-order valence-corrected chi connectivity index (χ1v) is 9.40. The largest absolute Gasteiger partial charge is 0.339 e. The molecule has 0 radical (unpaired) electrons. The number of hydrogen-bond acceptors (Lipinski definition) is 1. The van der Waals surface area contributed by atoms with Crippen LogP contribution in [0.25, 0.3) is 15.8 Å². The summed E-state index contributed by atoms with van der Waals surface area (Å²) in [6.45, 7) is 14.2. The molecule has 1 nitrogen and oxygen atoms in total. The maximum absolute atomic E-state index is 6.09. The van der Waals surface area contributed by atoms with Gasteiger partial charge in [0, 0.05) is 27.7 Å². The van der Waals surface area contributed by atoms with Crippen LogP contribution in [-0.2, 0) is 6.54 Å². The summed E-state index contributed by atoms with van der Waals surface area (Å²) in [6.07, 6.45) is 6.25. The van der Waals surface area contributed by atoms with E-state index in [1.165, 1.54) is 37.5 Å². The molecule has 0 aromatic carbocycles. The third-order valence-corrected chi connectivity index (χ3v) is 6.06. The molecule has 23 heavy (non-hydrogen) atoms. The van der Waals surface area contributed by atoms with Crippen LogP contribution in [0.1, 0.15) is 42.8 Å². The highest BCUT2D eigenvalue weighted by atomic mass is 35.5. The van der Waals surface area contributed by atoms with E-state index in [-0.39, 0.29) is 0 Å². The van der Waals surface area contributed by atoms with Crippen LogP contribution >= 0.6 is 22.9 Å². The Kier molecular flexibility index (Phi) is 4.57. The second-order valence-electron chi connectivity index (χ2n) is 6.74. The Labute approximate surface area is 148 Å². The summed E-state index contributed by atoms with van der Waals surface area (Å²) in [4.78, 5) is 1.36. The highest BCUT2D eigenvalue weighted by molar-refractivity contribution is 7.19. The number of thiophene rings is 1. The third kappa shape index (κ3) is 3.07. The first-order chi connectivity index (χ1) is 10.9. The zero-order valence-corrected chi connectivity index (χ0v) is 15.9. The molecule has 0 fully saturated rings. The first kappa shape index (κ1) is 16.6. The average molecular weight is 346 g/mol. The summed E-state index contributed by atoms with van der Waals surface area (Å²) in [5.41, 5.74) is 6.74. The minimum Gasteiger partial charge on any atom is -0.339 e. The Bertz CT molecular complexity index is 830. The quantitative estimate of drug-likeness (QED) is 0.572. The summed E-state index contributed by atoms with van der Waals surface area (Å²) in [6, 6.07) is 2.32. The van der Waals surface area contributed by atoms with Crippen LogP contribution < -0.4 is 0 Å². The normalized spacial score (nSPS) is 15.2. The zero-order chi connectivity index (χ0) is 16.7. The molecule has 0 saturated carbocycles. The lowest BCUT2D eigenvalue weighted by atomic mass is 9.97. The fraction of sp³-hybridized carbons (Fsp3) is 0.400. The van der Waals surface area contributed by atoms with Gasteiger partial charge in [0.15, 0.2) is 0 Å². The molecule has 0 aliphatic heterocycles. The Hall–Kier alpha value is -1.25. The maximum atomic E-state index is 6.09. The van der Waals surface area contributed by atoms with Crippen LogP contribution in [0.4, 0.5) is 0 Å². The number of rotatable bonds is 4. The Morgan fingerprint density at radius 1 is 1.30 bits per heavy atom. The molecule has 0 unspecified atom stereocenters. The van der Waals surface area contributed by atoms with Gasteiger partial charge >= 0.3 is 0 Å². The van der Waals surface area contributed by atoms with Crippen molar-refractivity contribution < 1.29 is 0 Å². The molecule has 3 rings (SSSR count). The minimum atomic E-state index is 0.464. The number of halogens is 1. The van der Waals surface area contributed by atoms with Crippen molar-refractivity contribution in [2.24, 2.45) is 5.92 Å². The van der Waals surface area contributed by atoms with E-state index in [0.29, 0.717) is 5.92 Å². The van der Waals surface area contributed by atoms with Gasteiger partial charge in [-0.3, -0.25) is 0 Å². The Balaban J connectivity index is 2.10. The standard InChI is InChI=1S/C20H24ClNS/c1-12(2)14(4)19-15(5)22(18-10-13(3)23-20(18)19)11-16-6-8-17(21)9-7-16/h6,8,10,12H,4,7,9,11H2,1-3,5H3. The van der Waals surface area contributed by atoms with Gasteiger partial charge in [-0.2, -0.15) is 0 Å². The lowest BCUT2D eigenvalue weighted by Gasteiger charge is -2.15. The van der Waals surface area contributed by atoms with Gasteiger partial charge in [0.2, 0.25) is 0 Å². The van der Waals surface area contributed by atoms with Crippen molar-refractivity contribution in [3.05, 3.63) is 51.5 Å². The van der Waals surface area contributed by atoms with Crippen LogP contribution in [0.3, 0.4) is 0 Å². The minimum absolute atomic E-state index is 0.464. The van der Waals surface area contributed by atoms with Crippen LogP contribution in [0.2, 0.25) is 0 Å². The highest BCUT2D eigenvalue weighted by Gasteiger charge is 2.20. The fourth-order valence-corrected chi connectivity index (χ4v) is 4.53. The Morgan fingerprint density at radius 2 is 2.04 bits per heavy atom. The van der Waals surface area contributed by atoms with Gasteiger partial charge in [0.25, 0.3) is 0 Å². The molecule has 1 aliphatic carbocycles. The number of aromatic nitrogens is 1. The molecule has 0 atom stereocenters. The number of hydrogen-bond donors (Lipinski definition) is 0. The predicted molar refractivity (Wildman–Crippen MR) is 104 cm³/mol. The average Bonchev–Trinajstić information content (AvgIpc) is 2.97. The van der Waals surface area contributed by atoms with E-state index in [2.05, 4.69) is 51.0 Å². The van der Waals surface area contributed by atoms with E-state index in [1.807, 2.05) is 17.4 Å². The molecule has 0 amide bonds. The molecule has 1 aliphatic rings. The SMILES string of the molecule is C=C(c1c(C)n(CC2=CC=C(Cl)CC2)c2cc(C)sc12)C(C)C. The van der Waals surface area contributed by atoms with E-state index in [1.54, 1.807) is 0 Å². The first-order valence-electron chi connectivity index (χ1n) is 8.21. The lowest BCUT2D eigenvalue weighted by Crippen LogP contribution is -2.05. The fourth-order valence-electron chi connectivity index (χ4n) is 3.22. The van der Waals surface area contributed by atoms with Crippen molar-refractivity contribution in [2.45, 2.75) is 47.1 Å². The second-order valence-corrected chi connectivity index (χ2v) is 8.48. The van der Waals surface area contributed by atoms with Crippen molar-refractivity contribution >= 4 is 38.7 Å². The number of allylic oxidation sites excluding steroid dienone is 5. The second kappa shape index (κ2) is 6.33. The van der Waals surface area contributed by atoms with Crippen molar-refractivity contribution in [2.75, 3.05) is 0 Å². The highest BCUT2D eigenvalue weighted by Crippen LogP contribution is 2.39. The van der Waals surface area contributed by atoms with Crippen LogP contribution in [0.15, 0.2) is 35.4 Å². The molecule has 122 valence electrons. The topological polar surface area (TPSA) is 4.93 Å². The molecule has 2 aromatic rings. The van der Waals surface area contributed by atoms with Crippen molar-refractivity contribution in [3.63, 3.8) is 0 Å². The summed E-state index contributed by atoms with van der Waals surface area (Å²) in [7, 11) is 0. The summed E-state index contributed by atoms with van der Waals surface area (Å²) < 4.78 is 3.85. The van der Waals surface area contributed by atoms with Gasteiger partial charge in [0.1, 0.15) is 0 Å². The summed E-state index contributed by atoms with van der Waals surface area (Å²) in [5.74, 6) is 0.464. The molecular weight excluding hydrogens is 322 g/mol. The molecule has 0 N–H and O–H groups in total. The van der Waals surface area contributed by atoms with Crippen molar-refractivity contribution in [3.8, 4) is 0 Å². The molecule has 0 saturated heterocycles. The number of aryl methyl sites for hydroxylation is 1. The van der Waals surface area contributed by atoms with Gasteiger partial charge in [0.05, 0.1) is 10.2 Å². The van der Waals surface area contributed by atoms with E-state index < -0.39 is 0 Å². The summed E-state index contributed by atoms with van der Waals surface area (Å²) in [5, 5.41) is 0.961. The Morgan fingerprint density at radius 3 is 2.65 bits per heavy atom. The maximum Gasteiger partial charge on any atom is 0.0604 e. The van der Waals surface area contributed by atoms with Gasteiger partial charge in [-0.25, -0.2) is 0 Å². The number of fused-ring (bicyclic) bond motifs is 1. The summed E-state index contributed by atoms with van der Waals surface area (Å²) >= 11 is 7.98. The van der Waals surface area contributed by atoms with E-state index in [9.17, 15) is 0 Å². The van der Waals surface area contributed by atoms with Crippen molar-refractivity contribution in [1.29, 1.82) is 0 Å². The predicted octanol–water partition coefficient (Wildman–Crippen LogP) is 6.83. The van der Waals surface area contributed by atoms with E-state index >= 15 is 0 Å². The van der Waals surface area contributed by atoms with Crippen LogP contribution in [-0.4, -0.2) is 4.57 Å². The molecule has 2 aromatic heterocycles. The van der Waals surface area contributed by atoms with E-state index in [0.717, 1.165) is 24.4 Å². The van der Waals surface area contributed by atoms with Gasteiger partial charge in [-0.05, 0) is 50.3 Å².